The van der Waals surface area contributed by atoms with E-state index in [2.05, 4.69) is 21.2 Å². The van der Waals surface area contributed by atoms with Crippen molar-refractivity contribution in [2.75, 3.05) is 25.6 Å². The maximum absolute atomic E-state index is 12.2. The van der Waals surface area contributed by atoms with Crippen molar-refractivity contribution in [1.29, 1.82) is 0 Å². The van der Waals surface area contributed by atoms with E-state index in [0.717, 1.165) is 24.0 Å². The summed E-state index contributed by atoms with van der Waals surface area (Å²) in [5.74, 6) is -1.11. The number of carbonyl (C=O) groups excluding carboxylic acids is 3. The highest BCUT2D eigenvalue weighted by atomic mass is 16.5. The van der Waals surface area contributed by atoms with E-state index in [1.807, 2.05) is 39.0 Å². The molecule has 2 aromatic carbocycles. The molecule has 0 fully saturated rings. The Hall–Kier alpha value is -3.88. The van der Waals surface area contributed by atoms with Gasteiger partial charge in [0.1, 0.15) is 0 Å². The zero-order chi connectivity index (χ0) is 24.2. The third-order valence-electron chi connectivity index (χ3n) is 4.74. The molecule has 0 radical (unpaired) electrons. The van der Waals surface area contributed by atoms with E-state index in [-0.39, 0.29) is 12.5 Å². The second-order valence-corrected chi connectivity index (χ2v) is 7.35. The normalized spacial score (nSPS) is 10.5. The molecule has 33 heavy (non-hydrogen) atoms. The fourth-order valence-electron chi connectivity index (χ4n) is 2.72. The van der Waals surface area contributed by atoms with Gasteiger partial charge in [-0.25, -0.2) is 5.43 Å². The number of rotatable bonds is 10. The van der Waals surface area contributed by atoms with Crippen LogP contribution in [-0.4, -0.2) is 44.2 Å². The van der Waals surface area contributed by atoms with Crippen molar-refractivity contribution in [3.05, 3.63) is 53.1 Å². The lowest BCUT2D eigenvalue weighted by atomic mass is 10.1. The summed E-state index contributed by atoms with van der Waals surface area (Å²) in [7, 11) is 1.47. The zero-order valence-corrected chi connectivity index (χ0v) is 19.4. The third kappa shape index (κ3) is 8.29. The maximum atomic E-state index is 12.2. The molecular formula is C24H30N4O5. The van der Waals surface area contributed by atoms with E-state index in [9.17, 15) is 14.4 Å². The van der Waals surface area contributed by atoms with Crippen LogP contribution in [-0.2, 0) is 14.4 Å². The zero-order valence-electron chi connectivity index (χ0n) is 19.4. The van der Waals surface area contributed by atoms with Gasteiger partial charge in [-0.1, -0.05) is 19.4 Å². The maximum Gasteiger partial charge on any atom is 0.329 e. The van der Waals surface area contributed by atoms with Crippen molar-refractivity contribution in [2.45, 2.75) is 33.6 Å². The number of aryl methyl sites for hydroxylation is 2. The average Bonchev–Trinajstić information content (AvgIpc) is 2.80. The van der Waals surface area contributed by atoms with Gasteiger partial charge in [0.25, 0.3) is 5.91 Å². The summed E-state index contributed by atoms with van der Waals surface area (Å²) >= 11 is 0. The van der Waals surface area contributed by atoms with Crippen molar-refractivity contribution in [1.82, 2.24) is 10.7 Å². The van der Waals surface area contributed by atoms with Crippen LogP contribution in [0.3, 0.4) is 0 Å². The molecule has 3 amide bonds. The van der Waals surface area contributed by atoms with E-state index in [4.69, 9.17) is 9.47 Å². The quantitative estimate of drug-likeness (QED) is 0.221. The minimum Gasteiger partial charge on any atom is -0.493 e. The van der Waals surface area contributed by atoms with Gasteiger partial charge < -0.3 is 20.1 Å². The lowest BCUT2D eigenvalue weighted by molar-refractivity contribution is -0.139. The van der Waals surface area contributed by atoms with Crippen LogP contribution < -0.4 is 25.5 Å². The molecule has 0 heterocycles. The number of methoxy groups -OCH3 is 1. The van der Waals surface area contributed by atoms with Crippen molar-refractivity contribution in [3.63, 3.8) is 0 Å². The monoisotopic (exact) mass is 454 g/mol. The topological polar surface area (TPSA) is 118 Å². The number of unbranched alkanes of at least 4 members (excludes halogenated alkanes) is 1. The van der Waals surface area contributed by atoms with Gasteiger partial charge in [0, 0.05) is 12.2 Å². The van der Waals surface area contributed by atoms with Gasteiger partial charge in [0.15, 0.2) is 18.1 Å². The standard InChI is InChI=1S/C24H30N4O5/c1-5-6-11-25-23(30)24(31)28-26-14-18-8-10-20(21(13-18)32-4)33-15-22(29)27-19-9-7-16(2)17(3)12-19/h7-10,12-14H,5-6,11,15H2,1-4H3,(H,25,30)(H,27,29)(H,28,31)/b26-14-. The van der Waals surface area contributed by atoms with Crippen LogP contribution in [0.2, 0.25) is 0 Å². The molecule has 0 aliphatic carbocycles. The molecule has 0 bridgehead atoms. The molecule has 0 aromatic heterocycles. The number of anilines is 1. The number of nitrogens with zero attached hydrogens (tertiary/aromatic N) is 1. The summed E-state index contributed by atoms with van der Waals surface area (Å²) in [6.45, 7) is 6.21. The molecule has 0 saturated heterocycles. The highest BCUT2D eigenvalue weighted by molar-refractivity contribution is 6.35. The molecule has 0 spiro atoms. The van der Waals surface area contributed by atoms with Crippen LogP contribution >= 0.6 is 0 Å². The Bertz CT molecular complexity index is 1020. The smallest absolute Gasteiger partial charge is 0.329 e. The molecule has 0 atom stereocenters. The second kappa shape index (κ2) is 12.8. The molecule has 9 heteroatoms. The lowest BCUT2D eigenvalue weighted by Crippen LogP contribution is -2.38. The number of hydrogen-bond acceptors (Lipinski definition) is 6. The van der Waals surface area contributed by atoms with Gasteiger partial charge in [0.2, 0.25) is 0 Å². The molecule has 9 nitrogen and oxygen atoms in total. The Labute approximate surface area is 193 Å². The minimum absolute atomic E-state index is 0.195. The van der Waals surface area contributed by atoms with Crippen LogP contribution in [0, 0.1) is 13.8 Å². The molecule has 2 aromatic rings. The molecule has 0 aliphatic heterocycles. The number of carbonyl (C=O) groups is 3. The molecular weight excluding hydrogens is 424 g/mol. The summed E-state index contributed by atoms with van der Waals surface area (Å²) in [5, 5.41) is 9.09. The van der Waals surface area contributed by atoms with Crippen molar-refractivity contribution < 1.29 is 23.9 Å². The van der Waals surface area contributed by atoms with Gasteiger partial charge in [0.05, 0.1) is 13.3 Å². The minimum atomic E-state index is -0.843. The van der Waals surface area contributed by atoms with Gasteiger partial charge in [-0.15, -0.1) is 0 Å². The van der Waals surface area contributed by atoms with E-state index >= 15 is 0 Å². The van der Waals surface area contributed by atoms with Crippen molar-refractivity contribution in [3.8, 4) is 11.5 Å². The molecule has 0 saturated carbocycles. The van der Waals surface area contributed by atoms with E-state index in [0.29, 0.717) is 29.3 Å². The van der Waals surface area contributed by atoms with Crippen LogP contribution in [0.1, 0.15) is 36.5 Å². The second-order valence-electron chi connectivity index (χ2n) is 7.35. The fourth-order valence-corrected chi connectivity index (χ4v) is 2.72. The number of amides is 3. The molecule has 0 aliphatic rings. The highest BCUT2D eigenvalue weighted by Crippen LogP contribution is 2.27. The number of hydrogen-bond donors (Lipinski definition) is 3. The van der Waals surface area contributed by atoms with Crippen LogP contribution in [0.4, 0.5) is 5.69 Å². The first-order valence-corrected chi connectivity index (χ1v) is 10.6. The Kier molecular flexibility index (Phi) is 9.88. The molecule has 176 valence electrons. The van der Waals surface area contributed by atoms with Crippen molar-refractivity contribution >= 4 is 29.6 Å². The Balaban J connectivity index is 1.89. The average molecular weight is 455 g/mol. The molecule has 2 rings (SSSR count). The first-order chi connectivity index (χ1) is 15.8. The molecule has 3 N–H and O–H groups in total. The lowest BCUT2D eigenvalue weighted by Gasteiger charge is -2.12. The van der Waals surface area contributed by atoms with E-state index < -0.39 is 11.8 Å². The largest absolute Gasteiger partial charge is 0.493 e. The highest BCUT2D eigenvalue weighted by Gasteiger charge is 2.12. The third-order valence-corrected chi connectivity index (χ3v) is 4.74. The summed E-state index contributed by atoms with van der Waals surface area (Å²) < 4.78 is 10.9. The van der Waals surface area contributed by atoms with Crippen LogP contribution in [0.25, 0.3) is 0 Å². The number of ether oxygens (including phenoxy) is 2. The van der Waals surface area contributed by atoms with Crippen LogP contribution in [0.5, 0.6) is 11.5 Å². The van der Waals surface area contributed by atoms with Gasteiger partial charge in [-0.05, 0) is 67.3 Å². The van der Waals surface area contributed by atoms with E-state index in [1.165, 1.54) is 13.3 Å². The Morgan fingerprint density at radius 2 is 1.79 bits per heavy atom. The van der Waals surface area contributed by atoms with Crippen molar-refractivity contribution in [2.24, 2.45) is 5.10 Å². The summed E-state index contributed by atoms with van der Waals surface area (Å²) in [5.41, 5.74) is 5.71. The SMILES string of the molecule is CCCCNC(=O)C(=O)N/N=C\c1ccc(OCC(=O)Nc2ccc(C)c(C)c2)c(OC)c1. The Morgan fingerprint density at radius 3 is 2.48 bits per heavy atom. The first kappa shape index (κ1) is 25.4. The summed E-state index contributed by atoms with van der Waals surface area (Å²) in [6, 6.07) is 10.6. The Morgan fingerprint density at radius 1 is 1.00 bits per heavy atom. The number of benzene rings is 2. The fraction of sp³-hybridized carbons (Fsp3) is 0.333. The number of nitrogens with one attached hydrogen (secondary N) is 3. The first-order valence-electron chi connectivity index (χ1n) is 10.6. The summed E-state index contributed by atoms with van der Waals surface area (Å²) in [4.78, 5) is 35.5. The van der Waals surface area contributed by atoms with Gasteiger partial charge >= 0.3 is 11.8 Å². The predicted molar refractivity (Wildman–Crippen MR) is 127 cm³/mol. The molecule has 0 unspecified atom stereocenters. The predicted octanol–water partition coefficient (Wildman–Crippen LogP) is 2.70. The number of hydrazone groups is 1. The van der Waals surface area contributed by atoms with Crippen LogP contribution in [0.15, 0.2) is 41.5 Å². The van der Waals surface area contributed by atoms with Gasteiger partial charge in [-0.2, -0.15) is 5.10 Å². The van der Waals surface area contributed by atoms with E-state index in [1.54, 1.807) is 18.2 Å². The summed E-state index contributed by atoms with van der Waals surface area (Å²) in [6.07, 6.45) is 3.08. The van der Waals surface area contributed by atoms with Gasteiger partial charge in [-0.3, -0.25) is 14.4 Å².